The molecule has 2 fully saturated rings. The van der Waals surface area contributed by atoms with Gasteiger partial charge in [-0.15, -0.1) is 0 Å². The maximum absolute atomic E-state index is 13.6. The lowest BCUT2D eigenvalue weighted by Crippen LogP contribution is -2.41. The van der Waals surface area contributed by atoms with Gasteiger partial charge in [-0.1, -0.05) is 0 Å². The van der Waals surface area contributed by atoms with Crippen molar-refractivity contribution in [3.63, 3.8) is 0 Å². The molecule has 0 bridgehead atoms. The molecular formula is C21H27F3N2O4. The minimum absolute atomic E-state index is 0.0692. The summed E-state index contributed by atoms with van der Waals surface area (Å²) in [5.41, 5.74) is -0.0715. The van der Waals surface area contributed by atoms with Crippen molar-refractivity contribution in [2.24, 2.45) is 5.92 Å². The van der Waals surface area contributed by atoms with Crippen LogP contribution >= 0.6 is 0 Å². The molecule has 1 aliphatic heterocycles. The standard InChI is InChI=1S/C21H27F3N2O4/c22-16-9-15(10-18(11-16)30-21(23)24)20(28)25-12-14-5-7-26(8-6-14)13-19(27)29-17-3-1-2-4-17/h9-11,14,17,21H,1-8,12-13H2,(H,25,28). The van der Waals surface area contributed by atoms with Crippen LogP contribution in [0.25, 0.3) is 0 Å². The molecule has 0 spiro atoms. The average Bonchev–Trinajstić information content (AvgIpc) is 3.19. The molecule has 1 N–H and O–H groups in total. The smallest absolute Gasteiger partial charge is 0.387 e. The molecule has 0 aromatic heterocycles. The summed E-state index contributed by atoms with van der Waals surface area (Å²) in [5.74, 6) is -1.72. The van der Waals surface area contributed by atoms with Crippen LogP contribution in [-0.4, -0.2) is 55.7 Å². The fourth-order valence-corrected chi connectivity index (χ4v) is 3.96. The number of nitrogens with one attached hydrogen (secondary N) is 1. The van der Waals surface area contributed by atoms with Gasteiger partial charge in [0.1, 0.15) is 17.7 Å². The topological polar surface area (TPSA) is 67.9 Å². The summed E-state index contributed by atoms with van der Waals surface area (Å²) in [6, 6.07) is 2.87. The molecule has 1 aromatic rings. The molecule has 0 atom stereocenters. The number of amides is 1. The average molecular weight is 428 g/mol. The Morgan fingerprint density at radius 1 is 1.10 bits per heavy atom. The normalized spacial score (nSPS) is 18.5. The quantitative estimate of drug-likeness (QED) is 0.644. The molecule has 0 unspecified atom stereocenters. The first kappa shape index (κ1) is 22.4. The lowest BCUT2D eigenvalue weighted by Gasteiger charge is -2.31. The maximum atomic E-state index is 13.6. The second-order valence-corrected chi connectivity index (χ2v) is 7.88. The van der Waals surface area contributed by atoms with E-state index < -0.39 is 24.1 Å². The highest BCUT2D eigenvalue weighted by atomic mass is 19.3. The first-order valence-corrected chi connectivity index (χ1v) is 10.3. The molecule has 1 heterocycles. The SMILES string of the molecule is O=C(CN1CCC(CNC(=O)c2cc(F)cc(OC(F)F)c2)CC1)OC1CCCC1. The minimum Gasteiger partial charge on any atom is -0.461 e. The van der Waals surface area contributed by atoms with Crippen molar-refractivity contribution in [1.82, 2.24) is 10.2 Å². The first-order chi connectivity index (χ1) is 14.4. The van der Waals surface area contributed by atoms with Gasteiger partial charge < -0.3 is 14.8 Å². The molecule has 1 aromatic carbocycles. The highest BCUT2D eigenvalue weighted by Gasteiger charge is 2.24. The lowest BCUT2D eigenvalue weighted by atomic mass is 9.96. The van der Waals surface area contributed by atoms with Gasteiger partial charge in [0, 0.05) is 18.2 Å². The van der Waals surface area contributed by atoms with Gasteiger partial charge >= 0.3 is 12.6 Å². The van der Waals surface area contributed by atoms with Crippen molar-refractivity contribution in [2.45, 2.75) is 51.2 Å². The van der Waals surface area contributed by atoms with Gasteiger partial charge in [-0.3, -0.25) is 14.5 Å². The Hall–Kier alpha value is -2.29. The van der Waals surface area contributed by atoms with E-state index in [1.165, 1.54) is 0 Å². The fraction of sp³-hybridized carbons (Fsp3) is 0.619. The largest absolute Gasteiger partial charge is 0.461 e. The van der Waals surface area contributed by atoms with Crippen LogP contribution in [0.15, 0.2) is 18.2 Å². The fourth-order valence-electron chi connectivity index (χ4n) is 3.96. The zero-order valence-corrected chi connectivity index (χ0v) is 16.7. The molecule has 6 nitrogen and oxygen atoms in total. The van der Waals surface area contributed by atoms with Crippen molar-refractivity contribution in [3.8, 4) is 5.75 Å². The summed E-state index contributed by atoms with van der Waals surface area (Å²) in [6.07, 6.45) is 5.82. The summed E-state index contributed by atoms with van der Waals surface area (Å²) in [6.45, 7) is -0.963. The molecule has 1 saturated heterocycles. The summed E-state index contributed by atoms with van der Waals surface area (Å²) in [7, 11) is 0. The maximum Gasteiger partial charge on any atom is 0.387 e. The number of carbonyl (C=O) groups excluding carboxylic acids is 2. The molecule has 0 radical (unpaired) electrons. The Balaban J connectivity index is 1.39. The predicted octanol–water partition coefficient (Wildman–Crippen LogP) is 3.35. The molecular weight excluding hydrogens is 401 g/mol. The number of hydrogen-bond donors (Lipinski definition) is 1. The molecule has 2 aliphatic rings. The second kappa shape index (κ2) is 10.7. The Morgan fingerprint density at radius 3 is 2.47 bits per heavy atom. The number of nitrogens with zero attached hydrogens (tertiary/aromatic N) is 1. The van der Waals surface area contributed by atoms with Crippen molar-refractivity contribution in [2.75, 3.05) is 26.2 Å². The van der Waals surface area contributed by atoms with E-state index in [1.54, 1.807) is 0 Å². The number of hydrogen-bond acceptors (Lipinski definition) is 5. The molecule has 9 heteroatoms. The van der Waals surface area contributed by atoms with Gasteiger partial charge in [-0.05, 0) is 69.7 Å². The van der Waals surface area contributed by atoms with Crippen molar-refractivity contribution in [1.29, 1.82) is 0 Å². The van der Waals surface area contributed by atoms with E-state index in [9.17, 15) is 22.8 Å². The van der Waals surface area contributed by atoms with Gasteiger partial charge in [0.05, 0.1) is 6.54 Å². The Labute approximate surface area is 173 Å². The van der Waals surface area contributed by atoms with E-state index in [4.69, 9.17) is 4.74 Å². The van der Waals surface area contributed by atoms with Crippen LogP contribution < -0.4 is 10.1 Å². The van der Waals surface area contributed by atoms with Crippen molar-refractivity contribution < 1.29 is 32.2 Å². The third-order valence-corrected chi connectivity index (χ3v) is 5.57. The highest BCUT2D eigenvalue weighted by molar-refractivity contribution is 5.94. The summed E-state index contributed by atoms with van der Waals surface area (Å²) in [4.78, 5) is 26.3. The summed E-state index contributed by atoms with van der Waals surface area (Å²) in [5, 5.41) is 2.72. The number of alkyl halides is 2. The van der Waals surface area contributed by atoms with Gasteiger partial charge in [0.15, 0.2) is 0 Å². The summed E-state index contributed by atoms with van der Waals surface area (Å²) >= 11 is 0. The van der Waals surface area contributed by atoms with Crippen LogP contribution in [0, 0.1) is 11.7 Å². The zero-order chi connectivity index (χ0) is 21.5. The van der Waals surface area contributed by atoms with Crippen LogP contribution in [0.2, 0.25) is 0 Å². The van der Waals surface area contributed by atoms with E-state index in [0.717, 1.165) is 69.8 Å². The Bertz CT molecular complexity index is 733. The monoisotopic (exact) mass is 428 g/mol. The first-order valence-electron chi connectivity index (χ1n) is 10.3. The Morgan fingerprint density at radius 2 is 1.80 bits per heavy atom. The van der Waals surface area contributed by atoms with Crippen LogP contribution in [0.3, 0.4) is 0 Å². The predicted molar refractivity (Wildman–Crippen MR) is 103 cm³/mol. The number of ether oxygens (including phenoxy) is 2. The zero-order valence-electron chi connectivity index (χ0n) is 16.7. The molecule has 1 aliphatic carbocycles. The van der Waals surface area contributed by atoms with E-state index in [1.807, 2.05) is 0 Å². The van der Waals surface area contributed by atoms with Gasteiger partial charge in [0.2, 0.25) is 0 Å². The number of halogens is 3. The third kappa shape index (κ3) is 6.90. The van der Waals surface area contributed by atoms with Crippen LogP contribution in [0.1, 0.15) is 48.9 Å². The van der Waals surface area contributed by atoms with E-state index >= 15 is 0 Å². The number of carbonyl (C=O) groups is 2. The van der Waals surface area contributed by atoms with E-state index in [0.29, 0.717) is 6.54 Å². The Kier molecular flexibility index (Phi) is 7.95. The number of rotatable bonds is 8. The number of benzene rings is 1. The van der Waals surface area contributed by atoms with Crippen LogP contribution in [0.4, 0.5) is 13.2 Å². The highest BCUT2D eigenvalue weighted by Crippen LogP contribution is 2.22. The minimum atomic E-state index is -3.09. The molecule has 30 heavy (non-hydrogen) atoms. The molecule has 1 saturated carbocycles. The summed E-state index contributed by atoms with van der Waals surface area (Å²) < 4.78 is 47.8. The van der Waals surface area contributed by atoms with Crippen molar-refractivity contribution >= 4 is 11.9 Å². The molecule has 3 rings (SSSR count). The van der Waals surface area contributed by atoms with Crippen molar-refractivity contribution in [3.05, 3.63) is 29.6 Å². The van der Waals surface area contributed by atoms with Gasteiger partial charge in [-0.25, -0.2) is 4.39 Å². The number of piperidine rings is 1. The van der Waals surface area contributed by atoms with Crippen LogP contribution in [0.5, 0.6) is 5.75 Å². The van der Waals surface area contributed by atoms with Gasteiger partial charge in [-0.2, -0.15) is 8.78 Å². The molecule has 166 valence electrons. The number of likely N-dealkylation sites (tertiary alicyclic amines) is 1. The molecule has 1 amide bonds. The number of esters is 1. The third-order valence-electron chi connectivity index (χ3n) is 5.57. The van der Waals surface area contributed by atoms with Crippen LogP contribution in [-0.2, 0) is 9.53 Å². The van der Waals surface area contributed by atoms with E-state index in [-0.39, 0.29) is 30.1 Å². The van der Waals surface area contributed by atoms with E-state index in [2.05, 4.69) is 15.0 Å². The lowest BCUT2D eigenvalue weighted by molar-refractivity contribution is -0.150. The second-order valence-electron chi connectivity index (χ2n) is 7.88. The van der Waals surface area contributed by atoms with Gasteiger partial charge in [0.25, 0.3) is 5.91 Å².